The summed E-state index contributed by atoms with van der Waals surface area (Å²) in [4.78, 5) is 24.8. The summed E-state index contributed by atoms with van der Waals surface area (Å²) in [5.74, 6) is -3.15. The lowest BCUT2D eigenvalue weighted by Gasteiger charge is -2.14. The SMILES string of the molecule is COc1cc(C(=O)O[C@H](C)C(=O)Nc2ccc(SC(F)F)cc2)ccc1C. The molecule has 2 rings (SSSR count). The summed E-state index contributed by atoms with van der Waals surface area (Å²) in [5, 5.41) is 2.57. The van der Waals surface area contributed by atoms with E-state index in [-0.39, 0.29) is 5.56 Å². The predicted molar refractivity (Wildman–Crippen MR) is 99.5 cm³/mol. The summed E-state index contributed by atoms with van der Waals surface area (Å²) in [6.07, 6.45) is -1.04. The van der Waals surface area contributed by atoms with Gasteiger partial charge in [0.2, 0.25) is 0 Å². The summed E-state index contributed by atoms with van der Waals surface area (Å²) >= 11 is 0.417. The third-order valence-electron chi connectivity index (χ3n) is 3.64. The fourth-order valence-corrected chi connectivity index (χ4v) is 2.69. The predicted octanol–water partition coefficient (Wildman–Crippen LogP) is 4.50. The highest BCUT2D eigenvalue weighted by Crippen LogP contribution is 2.26. The lowest BCUT2D eigenvalue weighted by Crippen LogP contribution is -2.30. The zero-order valence-corrected chi connectivity index (χ0v) is 15.8. The Kier molecular flexibility index (Phi) is 7.18. The van der Waals surface area contributed by atoms with Gasteiger partial charge in [0.05, 0.1) is 12.7 Å². The minimum absolute atomic E-state index is 0.269. The van der Waals surface area contributed by atoms with Crippen molar-refractivity contribution in [2.24, 2.45) is 0 Å². The number of esters is 1. The maximum absolute atomic E-state index is 12.3. The van der Waals surface area contributed by atoms with Crippen molar-refractivity contribution in [3.63, 3.8) is 0 Å². The first-order valence-electron chi connectivity index (χ1n) is 8.01. The first-order valence-corrected chi connectivity index (χ1v) is 8.89. The highest BCUT2D eigenvalue weighted by Gasteiger charge is 2.20. The number of anilines is 1. The standard InChI is InChI=1S/C19H19F2NO4S/c1-11-4-5-13(10-16(11)25-3)18(24)26-12(2)17(23)22-14-6-8-15(9-7-14)27-19(20)21/h4-10,12,19H,1-3H3,(H,22,23)/t12-/m1/s1. The van der Waals surface area contributed by atoms with E-state index in [4.69, 9.17) is 9.47 Å². The van der Waals surface area contributed by atoms with Crippen molar-refractivity contribution in [2.75, 3.05) is 12.4 Å². The zero-order valence-electron chi connectivity index (χ0n) is 15.0. The van der Waals surface area contributed by atoms with Gasteiger partial charge in [0.15, 0.2) is 6.10 Å². The van der Waals surface area contributed by atoms with Gasteiger partial charge in [0, 0.05) is 10.6 Å². The molecule has 0 saturated carbocycles. The number of alkyl halides is 2. The molecule has 0 saturated heterocycles. The van der Waals surface area contributed by atoms with Gasteiger partial charge < -0.3 is 14.8 Å². The normalized spacial score (nSPS) is 11.8. The van der Waals surface area contributed by atoms with Crippen LogP contribution in [0.25, 0.3) is 0 Å². The summed E-state index contributed by atoms with van der Waals surface area (Å²) in [7, 11) is 1.50. The van der Waals surface area contributed by atoms with Crippen LogP contribution in [0.3, 0.4) is 0 Å². The van der Waals surface area contributed by atoms with E-state index >= 15 is 0 Å². The number of halogens is 2. The summed E-state index contributed by atoms with van der Waals surface area (Å²) in [6.45, 7) is 3.29. The van der Waals surface area contributed by atoms with E-state index in [2.05, 4.69) is 5.32 Å². The number of carbonyl (C=O) groups is 2. The van der Waals surface area contributed by atoms with Crippen LogP contribution in [0, 0.1) is 6.92 Å². The van der Waals surface area contributed by atoms with Crippen molar-refractivity contribution < 1.29 is 27.8 Å². The number of methoxy groups -OCH3 is 1. The Hall–Kier alpha value is -2.61. The molecule has 5 nitrogen and oxygen atoms in total. The molecule has 0 aliphatic carbocycles. The monoisotopic (exact) mass is 395 g/mol. The molecule has 1 amide bonds. The smallest absolute Gasteiger partial charge is 0.339 e. The average molecular weight is 395 g/mol. The second-order valence-electron chi connectivity index (χ2n) is 5.62. The number of carbonyl (C=O) groups excluding carboxylic acids is 2. The lowest BCUT2D eigenvalue weighted by atomic mass is 10.1. The van der Waals surface area contributed by atoms with Gasteiger partial charge in [-0.15, -0.1) is 0 Å². The average Bonchev–Trinajstić information content (AvgIpc) is 2.63. The van der Waals surface area contributed by atoms with Gasteiger partial charge in [0.25, 0.3) is 11.7 Å². The van der Waals surface area contributed by atoms with E-state index in [1.165, 1.54) is 38.3 Å². The molecule has 0 aromatic heterocycles. The van der Waals surface area contributed by atoms with Crippen LogP contribution >= 0.6 is 11.8 Å². The van der Waals surface area contributed by atoms with Gasteiger partial charge in [-0.1, -0.05) is 17.8 Å². The molecule has 27 heavy (non-hydrogen) atoms. The number of aryl methyl sites for hydroxylation is 1. The summed E-state index contributed by atoms with van der Waals surface area (Å²) in [5.41, 5.74) is 1.55. The van der Waals surface area contributed by atoms with Crippen LogP contribution in [0.2, 0.25) is 0 Å². The Morgan fingerprint density at radius 2 is 1.78 bits per heavy atom. The number of rotatable bonds is 7. The molecule has 1 atom stereocenters. The Bertz CT molecular complexity index is 812. The molecule has 0 heterocycles. The molecule has 1 N–H and O–H groups in total. The van der Waals surface area contributed by atoms with Crippen molar-refractivity contribution in [2.45, 2.75) is 30.6 Å². The number of benzene rings is 2. The van der Waals surface area contributed by atoms with Crippen molar-refractivity contribution >= 4 is 29.3 Å². The van der Waals surface area contributed by atoms with Crippen LogP contribution in [-0.2, 0) is 9.53 Å². The Labute approximate surface area is 160 Å². The summed E-state index contributed by atoms with van der Waals surface area (Å²) < 4.78 is 35.0. The second kappa shape index (κ2) is 9.36. The largest absolute Gasteiger partial charge is 0.496 e. The number of thioether (sulfide) groups is 1. The van der Waals surface area contributed by atoms with Gasteiger partial charge in [-0.2, -0.15) is 8.78 Å². The number of hydrogen-bond acceptors (Lipinski definition) is 5. The van der Waals surface area contributed by atoms with Crippen molar-refractivity contribution in [3.05, 3.63) is 53.6 Å². The molecule has 0 aliphatic rings. The molecule has 2 aromatic carbocycles. The Balaban J connectivity index is 1.95. The van der Waals surface area contributed by atoms with Crippen LogP contribution in [0.4, 0.5) is 14.5 Å². The molecule has 0 bridgehead atoms. The second-order valence-corrected chi connectivity index (χ2v) is 6.69. The molecule has 8 heteroatoms. The number of ether oxygens (including phenoxy) is 2. The highest BCUT2D eigenvalue weighted by molar-refractivity contribution is 7.99. The van der Waals surface area contributed by atoms with E-state index in [0.29, 0.717) is 28.1 Å². The van der Waals surface area contributed by atoms with Gasteiger partial charge in [-0.3, -0.25) is 4.79 Å². The van der Waals surface area contributed by atoms with E-state index in [9.17, 15) is 18.4 Å². The molecule has 0 spiro atoms. The van der Waals surface area contributed by atoms with Crippen LogP contribution < -0.4 is 10.1 Å². The molecule has 0 fully saturated rings. The third-order valence-corrected chi connectivity index (χ3v) is 4.37. The first-order chi connectivity index (χ1) is 12.8. The third kappa shape index (κ3) is 5.96. The van der Waals surface area contributed by atoms with E-state index in [1.807, 2.05) is 6.92 Å². The molecular formula is C19H19F2NO4S. The van der Waals surface area contributed by atoms with Gasteiger partial charge in [-0.25, -0.2) is 4.79 Å². The molecule has 0 unspecified atom stereocenters. The quantitative estimate of drug-likeness (QED) is 0.552. The highest BCUT2D eigenvalue weighted by atomic mass is 32.2. The maximum atomic E-state index is 12.3. The van der Waals surface area contributed by atoms with Gasteiger partial charge >= 0.3 is 5.97 Å². The molecular weight excluding hydrogens is 376 g/mol. The number of hydrogen-bond donors (Lipinski definition) is 1. The van der Waals surface area contributed by atoms with Gasteiger partial charge in [0.1, 0.15) is 5.75 Å². The molecule has 0 radical (unpaired) electrons. The molecule has 144 valence electrons. The zero-order chi connectivity index (χ0) is 20.0. The summed E-state index contributed by atoms with van der Waals surface area (Å²) in [6, 6.07) is 10.8. The number of amides is 1. The molecule has 2 aromatic rings. The Morgan fingerprint density at radius 3 is 2.37 bits per heavy atom. The van der Waals surface area contributed by atoms with Crippen molar-refractivity contribution in [1.82, 2.24) is 0 Å². The van der Waals surface area contributed by atoms with Crippen LogP contribution in [0.5, 0.6) is 5.75 Å². The van der Waals surface area contributed by atoms with Gasteiger partial charge in [-0.05, 0) is 55.8 Å². The molecule has 0 aliphatic heterocycles. The van der Waals surface area contributed by atoms with Crippen molar-refractivity contribution in [1.29, 1.82) is 0 Å². The fraction of sp³-hybridized carbons (Fsp3) is 0.263. The topological polar surface area (TPSA) is 64.6 Å². The minimum Gasteiger partial charge on any atom is -0.496 e. The van der Waals surface area contributed by atoms with Crippen LogP contribution in [0.1, 0.15) is 22.8 Å². The van der Waals surface area contributed by atoms with Crippen LogP contribution in [0.15, 0.2) is 47.4 Å². The first kappa shape index (κ1) is 20.7. The maximum Gasteiger partial charge on any atom is 0.339 e. The van der Waals surface area contributed by atoms with E-state index in [0.717, 1.165) is 5.56 Å². The van der Waals surface area contributed by atoms with Crippen molar-refractivity contribution in [3.8, 4) is 5.75 Å². The minimum atomic E-state index is -2.51. The Morgan fingerprint density at radius 1 is 1.11 bits per heavy atom. The lowest BCUT2D eigenvalue weighted by molar-refractivity contribution is -0.123. The van der Waals surface area contributed by atoms with E-state index in [1.54, 1.807) is 18.2 Å². The fourth-order valence-electron chi connectivity index (χ4n) is 2.19. The van der Waals surface area contributed by atoms with Crippen LogP contribution in [-0.4, -0.2) is 30.8 Å². The van der Waals surface area contributed by atoms with E-state index < -0.39 is 23.7 Å². The number of nitrogens with one attached hydrogen (secondary N) is 1.